The second-order valence-corrected chi connectivity index (χ2v) is 7.79. The van der Waals surface area contributed by atoms with E-state index in [1.54, 1.807) is 0 Å². The molecule has 2 saturated heterocycles. The van der Waals surface area contributed by atoms with Crippen molar-refractivity contribution in [3.8, 4) is 0 Å². The van der Waals surface area contributed by atoms with E-state index in [0.29, 0.717) is 19.7 Å². The zero-order chi connectivity index (χ0) is 19.5. The predicted molar refractivity (Wildman–Crippen MR) is 110 cm³/mol. The van der Waals surface area contributed by atoms with Gasteiger partial charge in [-0.3, -0.25) is 0 Å². The molecule has 1 aromatic carbocycles. The Morgan fingerprint density at radius 1 is 1.39 bits per heavy atom. The molecule has 4 N–H and O–H groups in total. The summed E-state index contributed by atoms with van der Waals surface area (Å²) in [5, 5.41) is 2.11. The Bertz CT molecular complexity index is 777. The molecule has 3 atom stereocenters. The van der Waals surface area contributed by atoms with E-state index in [9.17, 15) is 0 Å². The number of H-pyrrole nitrogens is 1. The normalized spacial score (nSPS) is 25.3. The summed E-state index contributed by atoms with van der Waals surface area (Å²) >= 11 is 6.24. The van der Waals surface area contributed by atoms with Gasteiger partial charge in [-0.15, -0.1) is 0 Å². The van der Waals surface area contributed by atoms with Crippen LogP contribution in [0.15, 0.2) is 18.2 Å². The van der Waals surface area contributed by atoms with Crippen molar-refractivity contribution in [1.82, 2.24) is 20.4 Å². The molecule has 0 bridgehead atoms. The number of nitrogens with zero attached hydrogens (tertiary/aromatic N) is 3. The largest absolute Gasteiger partial charge is 0.378 e. The Morgan fingerprint density at radius 3 is 2.96 bits per heavy atom. The number of imidazole rings is 1. The molecular weight excluding hydrogens is 380 g/mol. The fraction of sp³-hybridized carbons (Fsp3) is 0.632. The van der Waals surface area contributed by atoms with Crippen LogP contribution in [0.3, 0.4) is 0 Å². The lowest BCUT2D eigenvalue weighted by Crippen LogP contribution is -2.55. The molecule has 8 nitrogen and oxygen atoms in total. The minimum Gasteiger partial charge on any atom is -0.378 e. The maximum Gasteiger partial charge on any atom is 0.145 e. The number of hydrogen-bond acceptors (Lipinski definition) is 7. The molecule has 0 aliphatic carbocycles. The van der Waals surface area contributed by atoms with E-state index in [1.165, 1.54) is 5.69 Å². The van der Waals surface area contributed by atoms with Gasteiger partial charge in [0.25, 0.3) is 0 Å². The quantitative estimate of drug-likeness (QED) is 0.625. The molecule has 2 unspecified atom stereocenters. The van der Waals surface area contributed by atoms with Gasteiger partial charge in [-0.2, -0.15) is 0 Å². The summed E-state index contributed by atoms with van der Waals surface area (Å²) < 4.78 is 11.2. The van der Waals surface area contributed by atoms with E-state index in [0.717, 1.165) is 49.6 Å². The van der Waals surface area contributed by atoms with Crippen LogP contribution < -0.4 is 16.1 Å². The Morgan fingerprint density at radius 2 is 2.21 bits per heavy atom. The number of alkyl halides is 1. The lowest BCUT2D eigenvalue weighted by molar-refractivity contribution is -0.0625. The minimum absolute atomic E-state index is 0.0464. The highest BCUT2D eigenvalue weighted by molar-refractivity contribution is 6.19. The molecule has 0 spiro atoms. The van der Waals surface area contributed by atoms with E-state index in [4.69, 9.17) is 31.8 Å². The summed E-state index contributed by atoms with van der Waals surface area (Å²) in [6.45, 7) is 7.09. The number of anilines is 1. The van der Waals surface area contributed by atoms with Gasteiger partial charge in [-0.05, 0) is 24.6 Å². The molecule has 0 amide bonds. The predicted octanol–water partition coefficient (Wildman–Crippen LogP) is 1.58. The number of hydrogen-bond donors (Lipinski definition) is 3. The molecule has 2 fully saturated rings. The second-order valence-electron chi connectivity index (χ2n) is 7.30. The average Bonchev–Trinajstić information content (AvgIpc) is 3.15. The maximum atomic E-state index is 6.24. The highest BCUT2D eigenvalue weighted by atomic mass is 35.5. The SMILES string of the molecule is CC[C@H](CN)NN1CC(Cl)OCC1c1nc2ccc(N3CCOCC3)cc2[nH]1. The zero-order valence-corrected chi connectivity index (χ0v) is 17.0. The number of nitrogens with one attached hydrogen (secondary N) is 2. The summed E-state index contributed by atoms with van der Waals surface area (Å²) in [5.41, 5.74) is 12.2. The molecule has 28 heavy (non-hydrogen) atoms. The fourth-order valence-corrected chi connectivity index (χ4v) is 3.95. The summed E-state index contributed by atoms with van der Waals surface area (Å²) in [5.74, 6) is 0.872. The van der Waals surface area contributed by atoms with E-state index in [1.807, 2.05) is 0 Å². The van der Waals surface area contributed by atoms with Crippen molar-refractivity contribution >= 4 is 28.3 Å². The third-order valence-electron chi connectivity index (χ3n) is 5.45. The number of morpholine rings is 2. The third kappa shape index (κ3) is 4.27. The molecule has 3 heterocycles. The molecular formula is C19H29ClN6O2. The van der Waals surface area contributed by atoms with Gasteiger partial charge < -0.3 is 25.1 Å². The van der Waals surface area contributed by atoms with Crippen LogP contribution in [0.2, 0.25) is 0 Å². The minimum atomic E-state index is -0.351. The topological polar surface area (TPSA) is 91.7 Å². The van der Waals surface area contributed by atoms with Gasteiger partial charge in [0.2, 0.25) is 0 Å². The zero-order valence-electron chi connectivity index (χ0n) is 16.2. The smallest absolute Gasteiger partial charge is 0.145 e. The standard InChI is InChI=1S/C19H29ClN6O2/c1-2-13(10-21)24-26-11-18(20)28-12-17(26)19-22-15-4-3-14(9-16(15)23-19)25-5-7-27-8-6-25/h3-4,9,13,17-18,24H,2,5-8,10-12,21H2,1H3,(H,22,23)/t13-,17?,18?/m1/s1. The first kappa shape index (κ1) is 19.9. The number of halogens is 1. The van der Waals surface area contributed by atoms with Crippen LogP contribution in [0, 0.1) is 0 Å². The molecule has 2 aliphatic rings. The molecule has 2 aromatic rings. The van der Waals surface area contributed by atoms with Crippen LogP contribution in [-0.4, -0.2) is 72.6 Å². The highest BCUT2D eigenvalue weighted by Crippen LogP contribution is 2.28. The molecule has 154 valence electrons. The fourth-order valence-electron chi connectivity index (χ4n) is 3.73. The van der Waals surface area contributed by atoms with E-state index >= 15 is 0 Å². The number of rotatable bonds is 6. The lowest BCUT2D eigenvalue weighted by Gasteiger charge is -2.38. The van der Waals surface area contributed by atoms with Gasteiger partial charge in [0.05, 0.1) is 37.4 Å². The molecule has 0 radical (unpaired) electrons. The first-order valence-corrected chi connectivity index (χ1v) is 10.4. The highest BCUT2D eigenvalue weighted by Gasteiger charge is 2.32. The van der Waals surface area contributed by atoms with Crippen LogP contribution in [0.1, 0.15) is 25.2 Å². The summed E-state index contributed by atoms with van der Waals surface area (Å²) in [7, 11) is 0. The van der Waals surface area contributed by atoms with Gasteiger partial charge >= 0.3 is 0 Å². The van der Waals surface area contributed by atoms with Crippen LogP contribution in [-0.2, 0) is 9.47 Å². The molecule has 4 rings (SSSR count). The molecule has 2 aliphatic heterocycles. The number of benzene rings is 1. The van der Waals surface area contributed by atoms with Crippen molar-refractivity contribution < 1.29 is 9.47 Å². The van der Waals surface area contributed by atoms with E-state index < -0.39 is 0 Å². The first-order chi connectivity index (χ1) is 13.7. The van der Waals surface area contributed by atoms with Gasteiger partial charge in [-0.25, -0.2) is 15.4 Å². The summed E-state index contributed by atoms with van der Waals surface area (Å²) in [4.78, 5) is 10.7. The number of ether oxygens (including phenoxy) is 2. The third-order valence-corrected chi connectivity index (χ3v) is 5.72. The van der Waals surface area contributed by atoms with Crippen molar-refractivity contribution in [3.05, 3.63) is 24.0 Å². The van der Waals surface area contributed by atoms with E-state index in [-0.39, 0.29) is 17.6 Å². The van der Waals surface area contributed by atoms with Crippen molar-refractivity contribution in [3.63, 3.8) is 0 Å². The molecule has 9 heteroatoms. The van der Waals surface area contributed by atoms with Crippen molar-refractivity contribution in [2.45, 2.75) is 31.0 Å². The maximum absolute atomic E-state index is 6.24. The van der Waals surface area contributed by atoms with Crippen LogP contribution in [0.5, 0.6) is 0 Å². The number of aromatic nitrogens is 2. The number of fused-ring (bicyclic) bond motifs is 1. The summed E-state index contributed by atoms with van der Waals surface area (Å²) in [6, 6.07) is 6.51. The van der Waals surface area contributed by atoms with Crippen LogP contribution >= 0.6 is 11.6 Å². The van der Waals surface area contributed by atoms with E-state index in [2.05, 4.69) is 45.4 Å². The first-order valence-electron chi connectivity index (χ1n) is 9.98. The Kier molecular flexibility index (Phi) is 6.35. The second kappa shape index (κ2) is 8.94. The molecule has 0 saturated carbocycles. The van der Waals surface area contributed by atoms with Crippen molar-refractivity contribution in [2.75, 3.05) is 50.9 Å². The Balaban J connectivity index is 1.57. The molecule has 1 aromatic heterocycles. The lowest BCUT2D eigenvalue weighted by atomic mass is 10.2. The van der Waals surface area contributed by atoms with Gasteiger partial charge in [-0.1, -0.05) is 18.5 Å². The summed E-state index contributed by atoms with van der Waals surface area (Å²) in [6.07, 6.45) is 0.941. The van der Waals surface area contributed by atoms with Crippen molar-refractivity contribution in [2.24, 2.45) is 5.73 Å². The Hall–Kier alpha value is -1.42. The average molecular weight is 409 g/mol. The van der Waals surface area contributed by atoms with Gasteiger partial charge in [0.15, 0.2) is 0 Å². The Labute approximate surface area is 170 Å². The number of nitrogens with two attached hydrogens (primary N) is 1. The van der Waals surface area contributed by atoms with Gasteiger partial charge in [0.1, 0.15) is 17.4 Å². The van der Waals surface area contributed by atoms with Gasteiger partial charge in [0, 0.05) is 31.4 Å². The number of aromatic amines is 1. The van der Waals surface area contributed by atoms with Crippen LogP contribution in [0.4, 0.5) is 5.69 Å². The van der Waals surface area contributed by atoms with Crippen LogP contribution in [0.25, 0.3) is 11.0 Å². The monoisotopic (exact) mass is 408 g/mol. The number of hydrazine groups is 1. The van der Waals surface area contributed by atoms with Crippen molar-refractivity contribution in [1.29, 1.82) is 0 Å².